The van der Waals surface area contributed by atoms with E-state index in [9.17, 15) is 4.39 Å². The molecule has 0 bridgehead atoms. The second kappa shape index (κ2) is 6.23. The van der Waals surface area contributed by atoms with Crippen LogP contribution in [0, 0.1) is 11.7 Å². The second-order valence-electron chi connectivity index (χ2n) is 5.96. The van der Waals surface area contributed by atoms with Crippen LogP contribution < -0.4 is 5.32 Å². The third-order valence-corrected chi connectivity index (χ3v) is 4.64. The fraction of sp³-hybridized carbons (Fsp3) is 0.625. The van der Waals surface area contributed by atoms with E-state index in [-0.39, 0.29) is 11.4 Å². The van der Waals surface area contributed by atoms with Crippen LogP contribution in [0.25, 0.3) is 0 Å². The molecular weight excluding hydrogens is 261 g/mol. The highest BCUT2D eigenvalue weighted by Crippen LogP contribution is 2.31. The molecule has 1 unspecified atom stereocenters. The lowest BCUT2D eigenvalue weighted by molar-refractivity contribution is 0.224. The van der Waals surface area contributed by atoms with E-state index in [0.29, 0.717) is 10.9 Å². The summed E-state index contributed by atoms with van der Waals surface area (Å²) in [6.45, 7) is 5.49. The summed E-state index contributed by atoms with van der Waals surface area (Å²) < 4.78 is 14.0. The van der Waals surface area contributed by atoms with Crippen molar-refractivity contribution in [3.05, 3.63) is 34.6 Å². The molecule has 0 aliphatic carbocycles. The monoisotopic (exact) mass is 283 g/mol. The molecule has 1 aromatic rings. The van der Waals surface area contributed by atoms with Gasteiger partial charge >= 0.3 is 0 Å². The number of hydrogen-bond acceptors (Lipinski definition) is 1. The highest BCUT2D eigenvalue weighted by Gasteiger charge is 2.34. The SMILES string of the molecule is CC(C)C1(Cc2ccc(Cl)cc2F)CCCCCN1. The van der Waals surface area contributed by atoms with Gasteiger partial charge in [0.05, 0.1) is 0 Å². The zero-order chi connectivity index (χ0) is 13.9. The van der Waals surface area contributed by atoms with Gasteiger partial charge in [-0.2, -0.15) is 0 Å². The Hall–Kier alpha value is -0.600. The molecule has 19 heavy (non-hydrogen) atoms. The van der Waals surface area contributed by atoms with Gasteiger partial charge in [-0.25, -0.2) is 4.39 Å². The summed E-state index contributed by atoms with van der Waals surface area (Å²) >= 11 is 5.83. The van der Waals surface area contributed by atoms with E-state index in [1.54, 1.807) is 6.07 Å². The summed E-state index contributed by atoms with van der Waals surface area (Å²) in [4.78, 5) is 0. The average Bonchev–Trinajstić information content (AvgIpc) is 2.59. The maximum absolute atomic E-state index is 14.0. The molecule has 1 heterocycles. The van der Waals surface area contributed by atoms with Crippen molar-refractivity contribution in [1.82, 2.24) is 5.32 Å². The molecule has 0 saturated carbocycles. The fourth-order valence-electron chi connectivity index (χ4n) is 3.02. The van der Waals surface area contributed by atoms with Gasteiger partial charge in [0.1, 0.15) is 5.82 Å². The predicted octanol–water partition coefficient (Wildman–Crippen LogP) is 4.58. The lowest BCUT2D eigenvalue weighted by atomic mass is 9.77. The molecule has 1 saturated heterocycles. The maximum Gasteiger partial charge on any atom is 0.127 e. The molecule has 1 aliphatic heterocycles. The van der Waals surface area contributed by atoms with Crippen molar-refractivity contribution in [2.45, 2.75) is 51.5 Å². The molecule has 1 aromatic carbocycles. The van der Waals surface area contributed by atoms with E-state index in [1.807, 2.05) is 6.07 Å². The minimum Gasteiger partial charge on any atom is -0.311 e. The molecule has 0 radical (unpaired) electrons. The number of benzene rings is 1. The Labute approximate surface area is 120 Å². The average molecular weight is 284 g/mol. The molecule has 1 atom stereocenters. The Balaban J connectivity index is 2.24. The fourth-order valence-corrected chi connectivity index (χ4v) is 3.18. The Kier molecular flexibility index (Phi) is 4.86. The van der Waals surface area contributed by atoms with Gasteiger partial charge in [-0.15, -0.1) is 0 Å². The topological polar surface area (TPSA) is 12.0 Å². The van der Waals surface area contributed by atoms with Crippen molar-refractivity contribution in [2.75, 3.05) is 6.54 Å². The second-order valence-corrected chi connectivity index (χ2v) is 6.40. The molecule has 1 aliphatic rings. The van der Waals surface area contributed by atoms with Crippen LogP contribution in [-0.4, -0.2) is 12.1 Å². The molecule has 0 amide bonds. The number of rotatable bonds is 3. The normalized spacial score (nSPS) is 24.5. The van der Waals surface area contributed by atoms with Crippen LogP contribution in [0.3, 0.4) is 0 Å². The molecule has 1 nitrogen and oxygen atoms in total. The van der Waals surface area contributed by atoms with E-state index in [2.05, 4.69) is 19.2 Å². The van der Waals surface area contributed by atoms with E-state index in [0.717, 1.165) is 24.9 Å². The Morgan fingerprint density at radius 1 is 1.32 bits per heavy atom. The maximum atomic E-state index is 14.0. The van der Waals surface area contributed by atoms with Gasteiger partial charge in [0, 0.05) is 10.6 Å². The molecule has 1 N–H and O–H groups in total. The molecule has 0 aromatic heterocycles. The van der Waals surface area contributed by atoms with Crippen molar-refractivity contribution in [1.29, 1.82) is 0 Å². The van der Waals surface area contributed by atoms with Gasteiger partial charge in [0.25, 0.3) is 0 Å². The highest BCUT2D eigenvalue weighted by atomic mass is 35.5. The van der Waals surface area contributed by atoms with E-state index in [4.69, 9.17) is 11.6 Å². The minimum atomic E-state index is -0.182. The Morgan fingerprint density at radius 2 is 2.11 bits per heavy atom. The van der Waals surface area contributed by atoms with Crippen molar-refractivity contribution in [2.24, 2.45) is 5.92 Å². The largest absolute Gasteiger partial charge is 0.311 e. The third kappa shape index (κ3) is 3.49. The Bertz CT molecular complexity index is 423. The molecule has 0 spiro atoms. The van der Waals surface area contributed by atoms with Crippen LogP contribution in [0.5, 0.6) is 0 Å². The molecular formula is C16H23ClFN. The van der Waals surface area contributed by atoms with E-state index in [1.165, 1.54) is 25.3 Å². The summed E-state index contributed by atoms with van der Waals surface area (Å²) in [6.07, 6.45) is 5.57. The van der Waals surface area contributed by atoms with Crippen molar-refractivity contribution in [3.63, 3.8) is 0 Å². The van der Waals surface area contributed by atoms with Gasteiger partial charge in [0.2, 0.25) is 0 Å². The summed E-state index contributed by atoms with van der Waals surface area (Å²) in [5, 5.41) is 4.15. The van der Waals surface area contributed by atoms with Crippen LogP contribution >= 0.6 is 11.6 Å². The number of hydrogen-bond donors (Lipinski definition) is 1. The third-order valence-electron chi connectivity index (χ3n) is 4.40. The smallest absolute Gasteiger partial charge is 0.127 e. The van der Waals surface area contributed by atoms with Gasteiger partial charge in [-0.1, -0.05) is 44.4 Å². The number of halogens is 2. The van der Waals surface area contributed by atoms with Gasteiger partial charge in [-0.05, 0) is 49.4 Å². The van der Waals surface area contributed by atoms with Gasteiger partial charge in [-0.3, -0.25) is 0 Å². The molecule has 2 rings (SSSR count). The first kappa shape index (κ1) is 14.8. The standard InChI is InChI=1S/C16H23ClFN/c1-12(2)16(8-4-3-5-9-19-16)11-13-6-7-14(17)10-15(13)18/h6-7,10,12,19H,3-5,8-9,11H2,1-2H3. The van der Waals surface area contributed by atoms with Crippen LogP contribution in [0.4, 0.5) is 4.39 Å². The quantitative estimate of drug-likeness (QED) is 0.856. The van der Waals surface area contributed by atoms with Crippen molar-refractivity contribution < 1.29 is 4.39 Å². The summed E-state index contributed by atoms with van der Waals surface area (Å²) in [7, 11) is 0. The molecule has 3 heteroatoms. The first-order chi connectivity index (χ1) is 9.03. The zero-order valence-corrected chi connectivity index (χ0v) is 12.6. The van der Waals surface area contributed by atoms with Crippen LogP contribution in [0.15, 0.2) is 18.2 Å². The summed E-state index contributed by atoms with van der Waals surface area (Å²) in [6, 6.07) is 5.03. The van der Waals surface area contributed by atoms with Crippen molar-refractivity contribution >= 4 is 11.6 Å². The lowest BCUT2D eigenvalue weighted by Crippen LogP contribution is -2.51. The summed E-state index contributed by atoms with van der Waals surface area (Å²) in [5.41, 5.74) is 0.790. The van der Waals surface area contributed by atoms with Crippen LogP contribution in [0.1, 0.15) is 45.1 Å². The van der Waals surface area contributed by atoms with Crippen LogP contribution in [0.2, 0.25) is 5.02 Å². The van der Waals surface area contributed by atoms with Gasteiger partial charge < -0.3 is 5.32 Å². The minimum absolute atomic E-state index is 0.0190. The van der Waals surface area contributed by atoms with Crippen molar-refractivity contribution in [3.8, 4) is 0 Å². The van der Waals surface area contributed by atoms with E-state index >= 15 is 0 Å². The zero-order valence-electron chi connectivity index (χ0n) is 11.8. The summed E-state index contributed by atoms with van der Waals surface area (Å²) in [5.74, 6) is 0.305. The molecule has 106 valence electrons. The lowest BCUT2D eigenvalue weighted by Gasteiger charge is -2.38. The predicted molar refractivity (Wildman–Crippen MR) is 79.2 cm³/mol. The molecule has 1 fully saturated rings. The van der Waals surface area contributed by atoms with Crippen LogP contribution in [-0.2, 0) is 6.42 Å². The highest BCUT2D eigenvalue weighted by molar-refractivity contribution is 6.30. The Morgan fingerprint density at radius 3 is 2.79 bits per heavy atom. The first-order valence-electron chi connectivity index (χ1n) is 7.22. The number of nitrogens with one attached hydrogen (secondary N) is 1. The first-order valence-corrected chi connectivity index (χ1v) is 7.60. The van der Waals surface area contributed by atoms with Gasteiger partial charge in [0.15, 0.2) is 0 Å². The van der Waals surface area contributed by atoms with E-state index < -0.39 is 0 Å².